The smallest absolute Gasteiger partial charge is 0.161 e. The van der Waals surface area contributed by atoms with Crippen molar-refractivity contribution in [1.82, 2.24) is 25.6 Å². The first-order valence-electron chi connectivity index (χ1n) is 7.84. The van der Waals surface area contributed by atoms with Crippen LogP contribution >= 0.6 is 0 Å². The lowest BCUT2D eigenvalue weighted by Gasteiger charge is -2.20. The van der Waals surface area contributed by atoms with Crippen LogP contribution in [0.2, 0.25) is 0 Å². The van der Waals surface area contributed by atoms with E-state index in [4.69, 9.17) is 0 Å². The first kappa shape index (κ1) is 16.0. The van der Waals surface area contributed by atoms with Gasteiger partial charge in [-0.25, -0.2) is 9.97 Å². The molecule has 0 saturated heterocycles. The number of nitrogens with one attached hydrogen (secondary N) is 2. The van der Waals surface area contributed by atoms with E-state index >= 15 is 0 Å². The van der Waals surface area contributed by atoms with E-state index < -0.39 is 0 Å². The third-order valence-corrected chi connectivity index (χ3v) is 3.82. The van der Waals surface area contributed by atoms with Crippen molar-refractivity contribution in [3.63, 3.8) is 0 Å². The van der Waals surface area contributed by atoms with Gasteiger partial charge in [0.15, 0.2) is 5.82 Å². The Bertz CT molecular complexity index is 783. The summed E-state index contributed by atoms with van der Waals surface area (Å²) in [6.07, 6.45) is 9.48. The predicted octanol–water partition coefficient (Wildman–Crippen LogP) is 1.94. The lowest BCUT2D eigenvalue weighted by atomic mass is 10.0. The molecule has 0 bridgehead atoms. The van der Waals surface area contributed by atoms with Crippen molar-refractivity contribution < 1.29 is 4.79 Å². The highest BCUT2D eigenvalue weighted by Crippen LogP contribution is 2.23. The maximum absolute atomic E-state index is 11.2. The second-order valence-electron chi connectivity index (χ2n) is 5.43. The predicted molar refractivity (Wildman–Crippen MR) is 92.6 cm³/mol. The molecule has 0 saturated carbocycles. The van der Waals surface area contributed by atoms with E-state index in [0.717, 1.165) is 47.5 Å². The van der Waals surface area contributed by atoms with E-state index in [-0.39, 0.29) is 0 Å². The number of allylic oxidation sites excluding steroid dienone is 2. The van der Waals surface area contributed by atoms with E-state index in [1.807, 2.05) is 31.3 Å². The molecule has 0 spiro atoms. The zero-order valence-electron chi connectivity index (χ0n) is 13.5. The van der Waals surface area contributed by atoms with Crippen LogP contribution in [-0.4, -0.2) is 34.8 Å². The Kier molecular flexibility index (Phi) is 5.08. The minimum Gasteiger partial charge on any atom is -0.357 e. The third-order valence-electron chi connectivity index (χ3n) is 3.82. The number of aromatic nitrogens is 3. The summed E-state index contributed by atoms with van der Waals surface area (Å²) in [7, 11) is 1.89. The highest BCUT2D eigenvalue weighted by molar-refractivity contribution is 5.79. The van der Waals surface area contributed by atoms with E-state index in [9.17, 15) is 4.79 Å². The van der Waals surface area contributed by atoms with Gasteiger partial charge in [-0.3, -0.25) is 9.78 Å². The largest absolute Gasteiger partial charge is 0.357 e. The van der Waals surface area contributed by atoms with Gasteiger partial charge in [0.05, 0.1) is 11.4 Å². The fraction of sp³-hybridized carbons (Fsp3) is 0.222. The summed E-state index contributed by atoms with van der Waals surface area (Å²) in [5.41, 5.74) is 4.30. The van der Waals surface area contributed by atoms with Crippen molar-refractivity contribution in [2.24, 2.45) is 0 Å². The molecular weight excluding hydrogens is 302 g/mol. The van der Waals surface area contributed by atoms with Gasteiger partial charge in [0, 0.05) is 48.4 Å². The highest BCUT2D eigenvalue weighted by atomic mass is 16.1. The van der Waals surface area contributed by atoms with Gasteiger partial charge in [-0.2, -0.15) is 0 Å². The molecule has 6 nitrogen and oxygen atoms in total. The van der Waals surface area contributed by atoms with Crippen molar-refractivity contribution in [2.45, 2.75) is 12.8 Å². The topological polar surface area (TPSA) is 79.8 Å². The van der Waals surface area contributed by atoms with Gasteiger partial charge >= 0.3 is 0 Å². The Labute approximate surface area is 140 Å². The van der Waals surface area contributed by atoms with Crippen molar-refractivity contribution in [3.8, 4) is 11.4 Å². The normalized spacial score (nSPS) is 14.1. The molecule has 0 aliphatic carbocycles. The molecule has 0 aromatic carbocycles. The lowest BCUT2D eigenvalue weighted by molar-refractivity contribution is -0.105. The molecule has 2 aromatic rings. The van der Waals surface area contributed by atoms with Crippen LogP contribution in [0.1, 0.15) is 18.5 Å². The van der Waals surface area contributed by atoms with Gasteiger partial charge in [-0.15, -0.1) is 0 Å². The van der Waals surface area contributed by atoms with Crippen molar-refractivity contribution >= 4 is 12.0 Å². The molecule has 1 aliphatic rings. The van der Waals surface area contributed by atoms with Gasteiger partial charge in [-0.1, -0.05) is 6.08 Å². The van der Waals surface area contributed by atoms with Gasteiger partial charge < -0.3 is 10.6 Å². The number of nitrogens with zero attached hydrogens (tertiary/aromatic N) is 3. The van der Waals surface area contributed by atoms with Crippen molar-refractivity contribution in [2.75, 3.05) is 13.6 Å². The number of hydrogen-bond acceptors (Lipinski definition) is 6. The molecule has 0 atom stereocenters. The first-order chi connectivity index (χ1) is 11.8. The molecule has 0 radical (unpaired) electrons. The second kappa shape index (κ2) is 7.61. The minimum absolute atomic E-state index is 0.608. The summed E-state index contributed by atoms with van der Waals surface area (Å²) in [4.78, 5) is 24.3. The van der Waals surface area contributed by atoms with Gasteiger partial charge in [0.2, 0.25) is 0 Å². The summed E-state index contributed by atoms with van der Waals surface area (Å²) < 4.78 is 0. The second-order valence-corrected chi connectivity index (χ2v) is 5.43. The number of carbonyl (C=O) groups is 1. The number of aldehydes is 1. The van der Waals surface area contributed by atoms with Crippen LogP contribution in [0.15, 0.2) is 54.1 Å². The lowest BCUT2D eigenvalue weighted by Crippen LogP contribution is -2.22. The molecular formula is C18H19N5O. The molecule has 0 fully saturated rings. The first-order valence-corrected chi connectivity index (χ1v) is 7.84. The highest BCUT2D eigenvalue weighted by Gasteiger charge is 2.15. The number of rotatable bonds is 6. The number of carbonyl (C=O) groups excluding carboxylic acids is 1. The maximum atomic E-state index is 11.2. The summed E-state index contributed by atoms with van der Waals surface area (Å²) >= 11 is 0. The molecule has 2 N–H and O–H groups in total. The molecule has 0 amide bonds. The quantitative estimate of drug-likeness (QED) is 0.792. The van der Waals surface area contributed by atoms with E-state index in [1.54, 1.807) is 18.6 Å². The monoisotopic (exact) mass is 321 g/mol. The van der Waals surface area contributed by atoms with Crippen LogP contribution < -0.4 is 10.6 Å². The van der Waals surface area contributed by atoms with Crippen LogP contribution in [0.5, 0.6) is 0 Å². The summed E-state index contributed by atoms with van der Waals surface area (Å²) in [5.74, 6) is 0.630. The number of hydrogen-bond donors (Lipinski definition) is 2. The van der Waals surface area contributed by atoms with Crippen molar-refractivity contribution in [3.05, 3.63) is 59.8 Å². The minimum atomic E-state index is 0.608. The van der Waals surface area contributed by atoms with Crippen LogP contribution in [-0.2, 0) is 4.79 Å². The van der Waals surface area contributed by atoms with E-state index in [0.29, 0.717) is 12.2 Å². The van der Waals surface area contributed by atoms with Crippen LogP contribution in [0.25, 0.3) is 17.1 Å². The third kappa shape index (κ3) is 3.55. The maximum Gasteiger partial charge on any atom is 0.161 e. The molecule has 3 rings (SSSR count). The molecule has 3 heterocycles. The Morgan fingerprint density at radius 3 is 3.00 bits per heavy atom. The van der Waals surface area contributed by atoms with Crippen LogP contribution in [0.4, 0.5) is 0 Å². The zero-order valence-corrected chi connectivity index (χ0v) is 13.5. The molecule has 1 aliphatic heterocycles. The fourth-order valence-corrected chi connectivity index (χ4v) is 2.53. The Morgan fingerprint density at radius 1 is 1.33 bits per heavy atom. The Balaban J connectivity index is 1.85. The molecule has 2 aromatic heterocycles. The van der Waals surface area contributed by atoms with Gasteiger partial charge in [0.1, 0.15) is 6.29 Å². The summed E-state index contributed by atoms with van der Waals surface area (Å²) in [5, 5.41) is 6.45. The average Bonchev–Trinajstić information content (AvgIpc) is 2.67. The standard InChI is InChI=1S/C18H19N5O/c1-19-9-6-15-14(12-24)4-5-16(22-15)17-7-10-21-18(23-17)13-3-2-8-20-11-13/h2-3,5,7-8,10-12,19,22H,4,6,9H2,1H3. The summed E-state index contributed by atoms with van der Waals surface area (Å²) in [6.45, 7) is 0.803. The number of dihydropyridines is 1. The molecule has 24 heavy (non-hydrogen) atoms. The Hall–Kier alpha value is -2.86. The number of pyridine rings is 1. The van der Waals surface area contributed by atoms with E-state index in [1.165, 1.54) is 0 Å². The van der Waals surface area contributed by atoms with Crippen LogP contribution in [0.3, 0.4) is 0 Å². The molecule has 0 unspecified atom stereocenters. The molecule has 6 heteroatoms. The van der Waals surface area contributed by atoms with E-state index in [2.05, 4.69) is 25.6 Å². The SMILES string of the molecule is CNCCC1=C(C=O)CC=C(c2ccnc(-c3cccnc3)n2)N1. The summed E-state index contributed by atoms with van der Waals surface area (Å²) in [6, 6.07) is 5.65. The van der Waals surface area contributed by atoms with Gasteiger partial charge in [0.25, 0.3) is 0 Å². The molecule has 122 valence electrons. The van der Waals surface area contributed by atoms with Crippen molar-refractivity contribution in [1.29, 1.82) is 0 Å². The zero-order chi connectivity index (χ0) is 16.8. The Morgan fingerprint density at radius 2 is 2.25 bits per heavy atom. The average molecular weight is 321 g/mol. The van der Waals surface area contributed by atoms with Crippen LogP contribution in [0, 0.1) is 0 Å². The van der Waals surface area contributed by atoms with Gasteiger partial charge in [-0.05, 0) is 31.7 Å². The fourth-order valence-electron chi connectivity index (χ4n) is 2.53.